The Labute approximate surface area is 126 Å². The summed E-state index contributed by atoms with van der Waals surface area (Å²) in [5.74, 6) is 0.613. The molecular formula is C18H22FNO. The van der Waals surface area contributed by atoms with E-state index < -0.39 is 0 Å². The van der Waals surface area contributed by atoms with Crippen molar-refractivity contribution >= 4 is 0 Å². The van der Waals surface area contributed by atoms with Gasteiger partial charge in [0.2, 0.25) is 0 Å². The van der Waals surface area contributed by atoms with Crippen LogP contribution in [-0.4, -0.2) is 13.7 Å². The maximum Gasteiger partial charge on any atom is 0.128 e. The summed E-state index contributed by atoms with van der Waals surface area (Å²) < 4.78 is 19.8. The van der Waals surface area contributed by atoms with Crippen molar-refractivity contribution in [3.05, 3.63) is 64.5 Å². The fourth-order valence-corrected chi connectivity index (χ4v) is 2.70. The highest BCUT2D eigenvalue weighted by Crippen LogP contribution is 2.30. The fourth-order valence-electron chi connectivity index (χ4n) is 2.70. The van der Waals surface area contributed by atoms with Crippen LogP contribution in [0.5, 0.6) is 5.75 Å². The first-order valence-corrected chi connectivity index (χ1v) is 7.20. The highest BCUT2D eigenvalue weighted by atomic mass is 19.1. The summed E-state index contributed by atoms with van der Waals surface area (Å²) in [5.41, 5.74) is 3.61. The molecule has 0 saturated carbocycles. The molecule has 0 radical (unpaired) electrons. The van der Waals surface area contributed by atoms with E-state index in [9.17, 15) is 4.39 Å². The van der Waals surface area contributed by atoms with E-state index >= 15 is 0 Å². The zero-order valence-corrected chi connectivity index (χ0v) is 13.0. The number of nitrogens with one attached hydrogen (secondary N) is 1. The lowest BCUT2D eigenvalue weighted by molar-refractivity contribution is 0.413. The van der Waals surface area contributed by atoms with E-state index in [1.54, 1.807) is 13.2 Å². The molecule has 1 unspecified atom stereocenters. The number of hydrogen-bond acceptors (Lipinski definition) is 2. The van der Waals surface area contributed by atoms with Crippen molar-refractivity contribution in [1.29, 1.82) is 0 Å². The van der Waals surface area contributed by atoms with Crippen molar-refractivity contribution in [2.75, 3.05) is 13.7 Å². The van der Waals surface area contributed by atoms with E-state index in [4.69, 9.17) is 4.74 Å². The van der Waals surface area contributed by atoms with Gasteiger partial charge in [-0.05, 0) is 55.3 Å². The van der Waals surface area contributed by atoms with Crippen LogP contribution in [0.3, 0.4) is 0 Å². The monoisotopic (exact) mass is 287 g/mol. The number of hydrogen-bond donors (Lipinski definition) is 1. The average Bonchev–Trinajstić information content (AvgIpc) is 2.45. The van der Waals surface area contributed by atoms with Crippen molar-refractivity contribution in [3.63, 3.8) is 0 Å². The number of rotatable bonds is 5. The fraction of sp³-hybridized carbons (Fsp3) is 0.333. The first-order valence-electron chi connectivity index (χ1n) is 7.20. The van der Waals surface area contributed by atoms with Gasteiger partial charge in [-0.3, -0.25) is 0 Å². The Kier molecular flexibility index (Phi) is 4.97. The van der Waals surface area contributed by atoms with E-state index in [0.717, 1.165) is 29.0 Å². The maximum absolute atomic E-state index is 14.5. The number of benzene rings is 2. The lowest BCUT2D eigenvalue weighted by Crippen LogP contribution is -2.24. The zero-order valence-electron chi connectivity index (χ0n) is 13.0. The minimum absolute atomic E-state index is 0.165. The van der Waals surface area contributed by atoms with Crippen molar-refractivity contribution in [3.8, 4) is 5.75 Å². The molecule has 0 aromatic heterocycles. The van der Waals surface area contributed by atoms with Gasteiger partial charge in [-0.25, -0.2) is 4.39 Å². The predicted molar refractivity (Wildman–Crippen MR) is 84.4 cm³/mol. The summed E-state index contributed by atoms with van der Waals surface area (Å²) in [6.45, 7) is 6.65. The molecule has 0 spiro atoms. The Morgan fingerprint density at radius 3 is 2.57 bits per heavy atom. The highest BCUT2D eigenvalue weighted by molar-refractivity contribution is 5.42. The average molecular weight is 287 g/mol. The van der Waals surface area contributed by atoms with Crippen molar-refractivity contribution in [2.24, 2.45) is 0 Å². The van der Waals surface area contributed by atoms with Gasteiger partial charge >= 0.3 is 0 Å². The quantitative estimate of drug-likeness (QED) is 0.892. The summed E-state index contributed by atoms with van der Waals surface area (Å²) in [6, 6.07) is 11.2. The molecule has 112 valence electrons. The van der Waals surface area contributed by atoms with Crippen LogP contribution in [0.25, 0.3) is 0 Å². The Balaban J connectivity index is 2.53. The van der Waals surface area contributed by atoms with Gasteiger partial charge in [-0.2, -0.15) is 0 Å². The van der Waals surface area contributed by atoms with Gasteiger partial charge in [-0.15, -0.1) is 0 Å². The Hall–Kier alpha value is -1.87. The lowest BCUT2D eigenvalue weighted by atomic mass is 9.93. The largest absolute Gasteiger partial charge is 0.497 e. The minimum atomic E-state index is -0.175. The normalized spacial score (nSPS) is 12.2. The SMILES string of the molecule is CCNC(c1cccc(OC)c1)c1c(C)cc(C)cc1F. The van der Waals surface area contributed by atoms with Gasteiger partial charge in [-0.1, -0.05) is 25.1 Å². The molecule has 2 aromatic carbocycles. The first-order chi connectivity index (χ1) is 10.1. The molecular weight excluding hydrogens is 265 g/mol. The van der Waals surface area contributed by atoms with E-state index in [0.29, 0.717) is 5.56 Å². The van der Waals surface area contributed by atoms with Crippen molar-refractivity contribution < 1.29 is 9.13 Å². The van der Waals surface area contributed by atoms with Gasteiger partial charge < -0.3 is 10.1 Å². The molecule has 0 aliphatic rings. The zero-order chi connectivity index (χ0) is 15.4. The maximum atomic E-state index is 14.5. The molecule has 0 aliphatic carbocycles. The molecule has 0 amide bonds. The summed E-state index contributed by atoms with van der Waals surface area (Å²) in [7, 11) is 1.64. The van der Waals surface area contributed by atoms with Gasteiger partial charge in [0.05, 0.1) is 13.2 Å². The second-order valence-corrected chi connectivity index (χ2v) is 5.24. The Morgan fingerprint density at radius 1 is 1.19 bits per heavy atom. The van der Waals surface area contributed by atoms with Gasteiger partial charge in [0.25, 0.3) is 0 Å². The molecule has 21 heavy (non-hydrogen) atoms. The molecule has 0 heterocycles. The first kappa shape index (κ1) is 15.5. The molecule has 2 rings (SSSR count). The number of halogens is 1. The molecule has 0 aliphatic heterocycles. The van der Waals surface area contributed by atoms with Crippen molar-refractivity contribution in [1.82, 2.24) is 5.32 Å². The third-order valence-corrected chi connectivity index (χ3v) is 3.60. The number of methoxy groups -OCH3 is 1. The van der Waals surface area contributed by atoms with E-state index in [-0.39, 0.29) is 11.9 Å². The van der Waals surface area contributed by atoms with Crippen LogP contribution in [-0.2, 0) is 0 Å². The molecule has 0 saturated heterocycles. The van der Waals surface area contributed by atoms with Gasteiger partial charge in [0, 0.05) is 5.56 Å². The number of aryl methyl sites for hydroxylation is 2. The van der Waals surface area contributed by atoms with Crippen LogP contribution in [0.4, 0.5) is 4.39 Å². The molecule has 2 aromatic rings. The van der Waals surface area contributed by atoms with Crippen LogP contribution < -0.4 is 10.1 Å². The predicted octanol–water partition coefficient (Wildman–Crippen LogP) is 4.15. The van der Waals surface area contributed by atoms with Crippen LogP contribution in [0, 0.1) is 19.7 Å². The smallest absolute Gasteiger partial charge is 0.128 e. The topological polar surface area (TPSA) is 21.3 Å². The Morgan fingerprint density at radius 2 is 1.95 bits per heavy atom. The van der Waals surface area contributed by atoms with Crippen LogP contribution >= 0.6 is 0 Å². The Bertz CT molecular complexity index is 601. The van der Waals surface area contributed by atoms with Gasteiger partial charge in [0.15, 0.2) is 0 Å². The molecule has 0 fully saturated rings. The minimum Gasteiger partial charge on any atom is -0.497 e. The summed E-state index contributed by atoms with van der Waals surface area (Å²) in [5, 5.41) is 3.37. The van der Waals surface area contributed by atoms with E-state index in [2.05, 4.69) is 5.32 Å². The summed E-state index contributed by atoms with van der Waals surface area (Å²) in [4.78, 5) is 0. The summed E-state index contributed by atoms with van der Waals surface area (Å²) >= 11 is 0. The van der Waals surface area contributed by atoms with E-state index in [1.807, 2.05) is 51.1 Å². The van der Waals surface area contributed by atoms with E-state index in [1.165, 1.54) is 0 Å². The molecule has 1 N–H and O–H groups in total. The third-order valence-electron chi connectivity index (χ3n) is 3.60. The second kappa shape index (κ2) is 6.72. The molecule has 0 bridgehead atoms. The third kappa shape index (κ3) is 3.42. The highest BCUT2D eigenvalue weighted by Gasteiger charge is 2.20. The van der Waals surface area contributed by atoms with Crippen LogP contribution in [0.2, 0.25) is 0 Å². The molecule has 2 nitrogen and oxygen atoms in total. The lowest BCUT2D eigenvalue weighted by Gasteiger charge is -2.22. The van der Waals surface area contributed by atoms with Crippen LogP contribution in [0.15, 0.2) is 36.4 Å². The standard InChI is InChI=1S/C18H22FNO/c1-5-20-18(14-7-6-8-15(11-14)21-4)17-13(3)9-12(2)10-16(17)19/h6-11,18,20H,5H2,1-4H3. The van der Waals surface area contributed by atoms with Crippen molar-refractivity contribution in [2.45, 2.75) is 26.8 Å². The van der Waals surface area contributed by atoms with Gasteiger partial charge in [0.1, 0.15) is 11.6 Å². The summed E-state index contributed by atoms with van der Waals surface area (Å²) in [6.07, 6.45) is 0. The molecule has 3 heteroatoms. The molecule has 1 atom stereocenters. The number of ether oxygens (including phenoxy) is 1. The second-order valence-electron chi connectivity index (χ2n) is 5.24. The van der Waals surface area contributed by atoms with Crippen LogP contribution in [0.1, 0.15) is 35.2 Å².